The first-order valence-electron chi connectivity index (χ1n) is 9.59. The van der Waals surface area contributed by atoms with Crippen LogP contribution in [-0.2, 0) is 0 Å². The van der Waals surface area contributed by atoms with Gasteiger partial charge in [0.2, 0.25) is 0 Å². The van der Waals surface area contributed by atoms with E-state index in [1.807, 2.05) is 48.2 Å². The van der Waals surface area contributed by atoms with E-state index in [9.17, 15) is 14.0 Å². The number of amides is 3. The minimum Gasteiger partial charge on any atom is -0.378 e. The van der Waals surface area contributed by atoms with Crippen molar-refractivity contribution in [2.75, 3.05) is 37.1 Å². The minimum absolute atomic E-state index is 0.00938. The third-order valence-corrected chi connectivity index (χ3v) is 5.49. The number of nitrogens with zero attached hydrogens (tertiary/aromatic N) is 3. The standard InChI is InChI=1S/C21H24FN5O2/c1-25(2)17-7-3-15(4-8-17)19(28)26-13-11-21(12-14-26)23-20(29)27(24-21)18-9-5-16(22)6-10-18/h3-10,24H,11-14H2,1-2H3,(H,23,29). The van der Waals surface area contributed by atoms with E-state index in [0.29, 0.717) is 37.2 Å². The zero-order valence-corrected chi connectivity index (χ0v) is 16.5. The molecule has 2 N–H and O–H groups in total. The molecular formula is C21H24FN5O2. The molecule has 2 aliphatic heterocycles. The van der Waals surface area contributed by atoms with Crippen molar-refractivity contribution in [1.82, 2.24) is 15.6 Å². The number of hydrazine groups is 1. The summed E-state index contributed by atoms with van der Waals surface area (Å²) in [5, 5.41) is 4.39. The molecule has 3 amide bonds. The number of halogens is 1. The Morgan fingerprint density at radius 2 is 1.66 bits per heavy atom. The third kappa shape index (κ3) is 3.75. The maximum Gasteiger partial charge on any atom is 0.338 e. The quantitative estimate of drug-likeness (QED) is 0.835. The van der Waals surface area contributed by atoms with Gasteiger partial charge in [-0.15, -0.1) is 0 Å². The molecule has 2 heterocycles. The number of rotatable bonds is 3. The fraction of sp³-hybridized carbons (Fsp3) is 0.333. The number of nitrogens with one attached hydrogen (secondary N) is 2. The Balaban J connectivity index is 1.40. The molecule has 7 nitrogen and oxygen atoms in total. The Hall–Kier alpha value is -3.13. The van der Waals surface area contributed by atoms with Crippen LogP contribution < -0.4 is 20.7 Å². The predicted octanol–water partition coefficient (Wildman–Crippen LogP) is 2.56. The van der Waals surface area contributed by atoms with Crippen LogP contribution in [0.2, 0.25) is 0 Å². The number of hydrogen-bond acceptors (Lipinski definition) is 4. The molecule has 2 saturated heterocycles. The average Bonchev–Trinajstić information content (AvgIpc) is 3.04. The van der Waals surface area contributed by atoms with Gasteiger partial charge in [0.05, 0.1) is 5.69 Å². The Morgan fingerprint density at radius 1 is 1.03 bits per heavy atom. The molecule has 2 aliphatic rings. The maximum absolute atomic E-state index is 13.2. The molecule has 2 fully saturated rings. The van der Waals surface area contributed by atoms with Gasteiger partial charge in [-0.25, -0.2) is 19.6 Å². The second-order valence-corrected chi connectivity index (χ2v) is 7.67. The average molecular weight is 397 g/mol. The monoisotopic (exact) mass is 397 g/mol. The van der Waals surface area contributed by atoms with Gasteiger partial charge in [-0.05, 0) is 48.5 Å². The van der Waals surface area contributed by atoms with Gasteiger partial charge in [-0.1, -0.05) is 0 Å². The van der Waals surface area contributed by atoms with Crippen LogP contribution in [0, 0.1) is 5.82 Å². The SMILES string of the molecule is CN(C)c1ccc(C(=O)N2CCC3(CC2)NC(=O)N(c2ccc(F)cc2)N3)cc1. The van der Waals surface area contributed by atoms with Crippen LogP contribution in [0.3, 0.4) is 0 Å². The number of benzene rings is 2. The molecule has 0 bridgehead atoms. The summed E-state index contributed by atoms with van der Waals surface area (Å²) in [6, 6.07) is 13.0. The molecule has 152 valence electrons. The molecule has 0 aromatic heterocycles. The molecule has 0 unspecified atom stereocenters. The lowest BCUT2D eigenvalue weighted by molar-refractivity contribution is 0.0641. The van der Waals surface area contributed by atoms with E-state index in [1.165, 1.54) is 17.1 Å². The van der Waals surface area contributed by atoms with Crippen LogP contribution in [0.25, 0.3) is 0 Å². The number of piperidine rings is 1. The van der Waals surface area contributed by atoms with E-state index in [2.05, 4.69) is 10.7 Å². The number of likely N-dealkylation sites (tertiary alicyclic amines) is 1. The van der Waals surface area contributed by atoms with Crippen molar-refractivity contribution in [2.24, 2.45) is 0 Å². The number of urea groups is 1. The van der Waals surface area contributed by atoms with Gasteiger partial charge in [0.1, 0.15) is 11.5 Å². The topological polar surface area (TPSA) is 67.9 Å². The van der Waals surface area contributed by atoms with Crippen molar-refractivity contribution in [3.05, 3.63) is 59.9 Å². The van der Waals surface area contributed by atoms with E-state index in [-0.39, 0.29) is 17.8 Å². The van der Waals surface area contributed by atoms with Crippen molar-refractivity contribution in [3.8, 4) is 0 Å². The fourth-order valence-corrected chi connectivity index (χ4v) is 3.74. The fourth-order valence-electron chi connectivity index (χ4n) is 3.74. The highest BCUT2D eigenvalue weighted by Crippen LogP contribution is 2.28. The minimum atomic E-state index is -0.600. The van der Waals surface area contributed by atoms with Crippen molar-refractivity contribution >= 4 is 23.3 Å². The van der Waals surface area contributed by atoms with Gasteiger partial charge < -0.3 is 15.1 Å². The summed E-state index contributed by atoms with van der Waals surface area (Å²) >= 11 is 0. The van der Waals surface area contributed by atoms with E-state index in [0.717, 1.165) is 5.69 Å². The van der Waals surface area contributed by atoms with Crippen LogP contribution >= 0.6 is 0 Å². The summed E-state index contributed by atoms with van der Waals surface area (Å²) in [6.07, 6.45) is 1.16. The number of carbonyl (C=O) groups is 2. The molecule has 8 heteroatoms. The van der Waals surface area contributed by atoms with Crippen molar-refractivity contribution in [1.29, 1.82) is 0 Å². The van der Waals surface area contributed by atoms with Crippen LogP contribution in [0.5, 0.6) is 0 Å². The Labute approximate surface area is 169 Å². The molecule has 2 aromatic rings. The molecule has 0 radical (unpaired) electrons. The van der Waals surface area contributed by atoms with Crippen molar-refractivity contribution in [3.63, 3.8) is 0 Å². The molecule has 0 aliphatic carbocycles. The van der Waals surface area contributed by atoms with E-state index in [1.54, 1.807) is 12.1 Å². The van der Waals surface area contributed by atoms with Crippen LogP contribution in [0.1, 0.15) is 23.2 Å². The molecule has 1 spiro atoms. The summed E-state index contributed by atoms with van der Waals surface area (Å²) < 4.78 is 13.2. The van der Waals surface area contributed by atoms with Gasteiger partial charge in [0, 0.05) is 51.3 Å². The van der Waals surface area contributed by atoms with Gasteiger partial charge in [-0.2, -0.15) is 0 Å². The molecule has 29 heavy (non-hydrogen) atoms. The summed E-state index contributed by atoms with van der Waals surface area (Å²) in [6.45, 7) is 1.05. The van der Waals surface area contributed by atoms with Crippen LogP contribution in [0.4, 0.5) is 20.6 Å². The van der Waals surface area contributed by atoms with Crippen molar-refractivity contribution < 1.29 is 14.0 Å². The molecular weight excluding hydrogens is 373 g/mol. The molecule has 4 rings (SSSR count). The Bertz CT molecular complexity index is 906. The van der Waals surface area contributed by atoms with Gasteiger partial charge >= 0.3 is 6.03 Å². The lowest BCUT2D eigenvalue weighted by Crippen LogP contribution is -2.58. The Morgan fingerprint density at radius 3 is 2.24 bits per heavy atom. The number of carbonyl (C=O) groups excluding carboxylic acids is 2. The zero-order chi connectivity index (χ0) is 20.6. The highest BCUT2D eigenvalue weighted by Gasteiger charge is 2.45. The molecule has 0 saturated carbocycles. The molecule has 0 atom stereocenters. The highest BCUT2D eigenvalue weighted by molar-refractivity contribution is 5.95. The summed E-state index contributed by atoms with van der Waals surface area (Å²) in [5.41, 5.74) is 4.88. The molecule has 2 aromatic carbocycles. The maximum atomic E-state index is 13.2. The van der Waals surface area contributed by atoms with Gasteiger partial charge in [0.15, 0.2) is 0 Å². The first-order chi connectivity index (χ1) is 13.9. The number of anilines is 2. The summed E-state index contributed by atoms with van der Waals surface area (Å²) in [4.78, 5) is 29.1. The van der Waals surface area contributed by atoms with Gasteiger partial charge in [-0.3, -0.25) is 4.79 Å². The smallest absolute Gasteiger partial charge is 0.338 e. The lowest BCUT2D eigenvalue weighted by Gasteiger charge is -2.38. The third-order valence-electron chi connectivity index (χ3n) is 5.49. The van der Waals surface area contributed by atoms with E-state index < -0.39 is 5.66 Å². The summed E-state index contributed by atoms with van der Waals surface area (Å²) in [5.74, 6) is -0.363. The van der Waals surface area contributed by atoms with E-state index in [4.69, 9.17) is 0 Å². The van der Waals surface area contributed by atoms with Crippen LogP contribution in [0.15, 0.2) is 48.5 Å². The second-order valence-electron chi connectivity index (χ2n) is 7.67. The largest absolute Gasteiger partial charge is 0.378 e. The zero-order valence-electron chi connectivity index (χ0n) is 16.5. The Kier molecular flexibility index (Phi) is 4.87. The lowest BCUT2D eigenvalue weighted by atomic mass is 9.97. The normalized spacial score (nSPS) is 18.1. The van der Waals surface area contributed by atoms with Crippen LogP contribution in [-0.4, -0.2) is 49.7 Å². The number of hydrogen-bond donors (Lipinski definition) is 2. The first kappa shape index (κ1) is 19.2. The summed E-state index contributed by atoms with van der Waals surface area (Å²) in [7, 11) is 3.91. The van der Waals surface area contributed by atoms with Gasteiger partial charge in [0.25, 0.3) is 5.91 Å². The van der Waals surface area contributed by atoms with Crippen molar-refractivity contribution in [2.45, 2.75) is 18.5 Å². The second kappa shape index (κ2) is 7.36. The first-order valence-corrected chi connectivity index (χ1v) is 9.59. The van der Waals surface area contributed by atoms with E-state index >= 15 is 0 Å². The highest BCUT2D eigenvalue weighted by atomic mass is 19.1. The predicted molar refractivity (Wildman–Crippen MR) is 109 cm³/mol.